The number of hydrogen-bond acceptors (Lipinski definition) is 5. The van der Waals surface area contributed by atoms with Gasteiger partial charge in [0, 0.05) is 18.7 Å². The van der Waals surface area contributed by atoms with E-state index in [1.807, 2.05) is 12.1 Å². The van der Waals surface area contributed by atoms with Crippen molar-refractivity contribution in [3.05, 3.63) is 64.5 Å². The van der Waals surface area contributed by atoms with Gasteiger partial charge in [-0.05, 0) is 48.4 Å². The van der Waals surface area contributed by atoms with Gasteiger partial charge in [-0.15, -0.1) is 0 Å². The second-order valence-corrected chi connectivity index (χ2v) is 7.14. The van der Waals surface area contributed by atoms with Crippen molar-refractivity contribution in [1.82, 2.24) is 24.4 Å². The van der Waals surface area contributed by atoms with Crippen LogP contribution < -0.4 is 5.56 Å². The minimum Gasteiger partial charge on any atom is -0.297 e. The molecule has 0 spiro atoms. The van der Waals surface area contributed by atoms with Crippen molar-refractivity contribution >= 4 is 17.0 Å². The van der Waals surface area contributed by atoms with Crippen LogP contribution >= 0.6 is 0 Å². The molecular formula is C20H21N5O2. The van der Waals surface area contributed by atoms with Crippen LogP contribution in [0.25, 0.3) is 11.2 Å². The quantitative estimate of drug-likeness (QED) is 0.695. The Bertz CT molecular complexity index is 1080. The fourth-order valence-electron chi connectivity index (χ4n) is 3.35. The van der Waals surface area contributed by atoms with Gasteiger partial charge >= 0.3 is 0 Å². The molecule has 0 N–H and O–H groups in total. The number of aromatic nitrogens is 5. The number of carbonyl (C=O) groups excluding carboxylic acids is 1. The molecule has 7 nitrogen and oxygen atoms in total. The molecule has 7 heteroatoms. The van der Waals surface area contributed by atoms with Gasteiger partial charge in [0.1, 0.15) is 12.9 Å². The Hall–Kier alpha value is -3.09. The van der Waals surface area contributed by atoms with Crippen LogP contribution in [0, 0.1) is 5.92 Å². The fraction of sp³-hybridized carbons (Fsp3) is 0.350. The molecule has 0 saturated heterocycles. The number of fused-ring (bicyclic) bond motifs is 1. The summed E-state index contributed by atoms with van der Waals surface area (Å²) in [6.07, 6.45) is 8.76. The normalized spacial score (nSPS) is 17.1. The summed E-state index contributed by atoms with van der Waals surface area (Å²) in [5.41, 5.74) is 3.24. The van der Waals surface area contributed by atoms with Gasteiger partial charge < -0.3 is 0 Å². The van der Waals surface area contributed by atoms with Crippen molar-refractivity contribution in [2.75, 3.05) is 0 Å². The summed E-state index contributed by atoms with van der Waals surface area (Å²) < 4.78 is 2.90. The maximum Gasteiger partial charge on any atom is 0.267 e. The van der Waals surface area contributed by atoms with E-state index in [2.05, 4.69) is 28.2 Å². The van der Waals surface area contributed by atoms with E-state index in [9.17, 15) is 9.59 Å². The molecule has 4 rings (SSSR count). The fourth-order valence-corrected chi connectivity index (χ4v) is 3.35. The average molecular weight is 363 g/mol. The van der Waals surface area contributed by atoms with Crippen LogP contribution in [-0.4, -0.2) is 30.2 Å². The van der Waals surface area contributed by atoms with Gasteiger partial charge in [-0.3, -0.25) is 9.59 Å². The molecule has 1 aliphatic carbocycles. The Morgan fingerprint density at radius 1 is 1.26 bits per heavy atom. The summed E-state index contributed by atoms with van der Waals surface area (Å²) in [5.74, 6) is 0.607. The molecule has 0 radical (unpaired) electrons. The van der Waals surface area contributed by atoms with Gasteiger partial charge in [0.15, 0.2) is 11.4 Å². The minimum absolute atomic E-state index is 0.0360. The van der Waals surface area contributed by atoms with E-state index in [1.165, 1.54) is 17.1 Å². The molecule has 0 aromatic carbocycles. The second kappa shape index (κ2) is 7.26. The Morgan fingerprint density at radius 3 is 2.96 bits per heavy atom. The van der Waals surface area contributed by atoms with Crippen LogP contribution in [0.3, 0.4) is 0 Å². The molecule has 1 atom stereocenters. The van der Waals surface area contributed by atoms with Gasteiger partial charge in [-0.25, -0.2) is 14.2 Å². The van der Waals surface area contributed by atoms with E-state index < -0.39 is 0 Å². The number of rotatable bonds is 5. The van der Waals surface area contributed by atoms with Crippen LogP contribution in [0.1, 0.15) is 37.4 Å². The molecule has 138 valence electrons. The molecule has 0 fully saturated rings. The first-order valence-electron chi connectivity index (χ1n) is 9.16. The summed E-state index contributed by atoms with van der Waals surface area (Å²) >= 11 is 0. The highest BCUT2D eigenvalue weighted by atomic mass is 16.1. The highest BCUT2D eigenvalue weighted by molar-refractivity contribution is 5.80. The molecule has 0 amide bonds. The zero-order valence-corrected chi connectivity index (χ0v) is 15.2. The Labute approximate surface area is 156 Å². The van der Waals surface area contributed by atoms with Crippen LogP contribution in [0.15, 0.2) is 47.7 Å². The number of Topliss-reactive ketones (excluding diaryl/α,β-unsaturated/α-hetero) is 1. The molecule has 0 aliphatic heterocycles. The molecule has 1 aliphatic rings. The van der Waals surface area contributed by atoms with E-state index in [0.717, 1.165) is 41.7 Å². The van der Waals surface area contributed by atoms with Crippen molar-refractivity contribution in [3.8, 4) is 0 Å². The van der Waals surface area contributed by atoms with Crippen molar-refractivity contribution in [2.45, 2.75) is 39.2 Å². The zero-order valence-electron chi connectivity index (χ0n) is 15.2. The van der Waals surface area contributed by atoms with E-state index in [-0.39, 0.29) is 24.3 Å². The van der Waals surface area contributed by atoms with Crippen molar-refractivity contribution in [3.63, 3.8) is 0 Å². The maximum atomic E-state index is 12.5. The third-order valence-electron chi connectivity index (χ3n) is 4.93. The lowest BCUT2D eigenvalue weighted by atomic mass is 9.90. The van der Waals surface area contributed by atoms with Crippen LogP contribution in [0.5, 0.6) is 0 Å². The molecule has 3 aromatic heterocycles. The SMILES string of the molecule is CC1CC=C(c2ccc(=O)n(CC(=O)Cc3ccc4ncnn4c3)n2)CC1. The Balaban J connectivity index is 1.50. The molecule has 0 saturated carbocycles. The minimum atomic E-state index is -0.261. The first kappa shape index (κ1) is 17.3. The van der Waals surface area contributed by atoms with E-state index in [0.29, 0.717) is 5.92 Å². The summed E-state index contributed by atoms with van der Waals surface area (Å²) in [6.45, 7) is 2.20. The lowest BCUT2D eigenvalue weighted by Gasteiger charge is -2.18. The van der Waals surface area contributed by atoms with Crippen molar-refractivity contribution < 1.29 is 4.79 Å². The topological polar surface area (TPSA) is 82.1 Å². The average Bonchev–Trinajstić information content (AvgIpc) is 3.12. The van der Waals surface area contributed by atoms with Crippen molar-refractivity contribution in [1.29, 1.82) is 0 Å². The van der Waals surface area contributed by atoms with Gasteiger partial charge in [-0.1, -0.05) is 19.1 Å². The zero-order chi connectivity index (χ0) is 18.8. The lowest BCUT2D eigenvalue weighted by Crippen LogP contribution is -2.27. The monoisotopic (exact) mass is 363 g/mol. The lowest BCUT2D eigenvalue weighted by molar-refractivity contribution is -0.119. The van der Waals surface area contributed by atoms with Gasteiger partial charge in [0.25, 0.3) is 5.56 Å². The maximum absolute atomic E-state index is 12.5. The van der Waals surface area contributed by atoms with Gasteiger partial charge in [-0.2, -0.15) is 10.2 Å². The van der Waals surface area contributed by atoms with E-state index in [1.54, 1.807) is 16.8 Å². The number of carbonyl (C=O) groups is 1. The summed E-state index contributed by atoms with van der Waals surface area (Å²) in [6, 6.07) is 6.92. The Kier molecular flexibility index (Phi) is 4.66. The highest BCUT2D eigenvalue weighted by Crippen LogP contribution is 2.28. The number of hydrogen-bond donors (Lipinski definition) is 0. The number of pyridine rings is 1. The molecule has 1 unspecified atom stereocenters. The molecule has 27 heavy (non-hydrogen) atoms. The predicted molar refractivity (Wildman–Crippen MR) is 101 cm³/mol. The molecular weight excluding hydrogens is 342 g/mol. The van der Waals surface area contributed by atoms with Crippen LogP contribution in [-0.2, 0) is 17.8 Å². The molecule has 3 heterocycles. The van der Waals surface area contributed by atoms with E-state index in [4.69, 9.17) is 0 Å². The number of ketones is 1. The van der Waals surface area contributed by atoms with Crippen LogP contribution in [0.4, 0.5) is 0 Å². The summed E-state index contributed by atoms with van der Waals surface area (Å²) in [7, 11) is 0. The highest BCUT2D eigenvalue weighted by Gasteiger charge is 2.14. The predicted octanol–water partition coefficient (Wildman–Crippen LogP) is 2.30. The molecule has 3 aromatic rings. The number of allylic oxidation sites excluding steroid dienone is 2. The van der Waals surface area contributed by atoms with Gasteiger partial charge in [0.2, 0.25) is 0 Å². The Morgan fingerprint density at radius 2 is 2.15 bits per heavy atom. The summed E-state index contributed by atoms with van der Waals surface area (Å²) in [4.78, 5) is 28.7. The molecule has 0 bridgehead atoms. The largest absolute Gasteiger partial charge is 0.297 e. The second-order valence-electron chi connectivity index (χ2n) is 7.14. The third kappa shape index (κ3) is 3.86. The number of nitrogens with zero attached hydrogens (tertiary/aromatic N) is 5. The third-order valence-corrected chi connectivity index (χ3v) is 4.93. The van der Waals surface area contributed by atoms with Crippen molar-refractivity contribution in [2.24, 2.45) is 5.92 Å². The van der Waals surface area contributed by atoms with Crippen LogP contribution in [0.2, 0.25) is 0 Å². The first-order valence-corrected chi connectivity index (χ1v) is 9.16. The van der Waals surface area contributed by atoms with E-state index >= 15 is 0 Å². The summed E-state index contributed by atoms with van der Waals surface area (Å²) in [5, 5.41) is 8.51. The van der Waals surface area contributed by atoms with Gasteiger partial charge in [0.05, 0.1) is 5.69 Å². The first-order chi connectivity index (χ1) is 13.1. The standard InChI is InChI=1S/C20H21N5O2/c1-14-2-5-16(6-3-14)18-7-9-20(27)25(23-18)12-17(26)10-15-4-8-19-21-13-22-24(19)11-15/h4-5,7-9,11,13-14H,2-3,6,10,12H2,1H3. The smallest absolute Gasteiger partial charge is 0.267 e.